The third-order valence-corrected chi connectivity index (χ3v) is 4.75. The second-order valence-corrected chi connectivity index (χ2v) is 6.03. The normalized spacial score (nSPS) is 19.3. The van der Waals surface area contributed by atoms with E-state index in [0.717, 1.165) is 28.8 Å². The quantitative estimate of drug-likeness (QED) is 0.600. The standard InChI is InChI=1S/C20H15NO/c21-17-11-19-20(15-8-4-3-7-14(15)17)16-9-12-5-1-2-6-13(12)10-18(16)22-19/h1-8,10-12H,9,21H2. The number of anilines is 1. The van der Waals surface area contributed by atoms with Gasteiger partial charge in [-0.3, -0.25) is 0 Å². The van der Waals surface area contributed by atoms with E-state index in [-0.39, 0.29) is 0 Å². The second-order valence-electron chi connectivity index (χ2n) is 6.03. The summed E-state index contributed by atoms with van der Waals surface area (Å²) in [5.74, 6) is 1.44. The Morgan fingerprint density at radius 1 is 1.09 bits per heavy atom. The molecule has 5 rings (SSSR count). The highest BCUT2D eigenvalue weighted by Gasteiger charge is 2.25. The van der Waals surface area contributed by atoms with Crippen LogP contribution >= 0.6 is 0 Å². The molecule has 0 saturated heterocycles. The lowest BCUT2D eigenvalue weighted by Crippen LogP contribution is -2.10. The Labute approximate surface area is 128 Å². The molecule has 0 aliphatic heterocycles. The number of fused-ring (bicyclic) bond motifs is 6. The summed E-state index contributed by atoms with van der Waals surface area (Å²) in [5, 5.41) is 3.51. The predicted molar refractivity (Wildman–Crippen MR) is 91.6 cm³/mol. The van der Waals surface area contributed by atoms with E-state index in [2.05, 4.69) is 48.6 Å². The molecule has 1 unspecified atom stereocenters. The van der Waals surface area contributed by atoms with Gasteiger partial charge in [-0.05, 0) is 23.5 Å². The summed E-state index contributed by atoms with van der Waals surface area (Å²) in [5.41, 5.74) is 10.5. The zero-order chi connectivity index (χ0) is 14.7. The minimum absolute atomic E-state index is 0.453. The van der Waals surface area contributed by atoms with Crippen LogP contribution in [0.1, 0.15) is 11.3 Å². The molecule has 0 radical (unpaired) electrons. The second kappa shape index (κ2) is 4.14. The Kier molecular flexibility index (Phi) is 2.23. The molecule has 2 aromatic carbocycles. The molecule has 2 aliphatic rings. The first-order chi connectivity index (χ1) is 10.8. The minimum atomic E-state index is 0.453. The van der Waals surface area contributed by atoms with E-state index in [0.29, 0.717) is 5.92 Å². The molecule has 0 saturated carbocycles. The zero-order valence-electron chi connectivity index (χ0n) is 12.0. The van der Waals surface area contributed by atoms with E-state index in [9.17, 15) is 0 Å². The van der Waals surface area contributed by atoms with Crippen molar-refractivity contribution in [3.63, 3.8) is 0 Å². The molecule has 22 heavy (non-hydrogen) atoms. The molecule has 3 aromatic rings. The molecule has 1 heterocycles. The van der Waals surface area contributed by atoms with Crippen LogP contribution in [0.3, 0.4) is 0 Å². The molecule has 106 valence electrons. The summed E-state index contributed by atoms with van der Waals surface area (Å²) in [6.07, 6.45) is 11.8. The van der Waals surface area contributed by atoms with E-state index in [4.69, 9.17) is 10.2 Å². The predicted octanol–water partition coefficient (Wildman–Crippen LogP) is 4.85. The van der Waals surface area contributed by atoms with Crippen molar-refractivity contribution >= 4 is 33.5 Å². The van der Waals surface area contributed by atoms with Crippen molar-refractivity contribution in [1.29, 1.82) is 0 Å². The number of nitrogens with two attached hydrogens (primary N) is 1. The Morgan fingerprint density at radius 2 is 1.95 bits per heavy atom. The van der Waals surface area contributed by atoms with Gasteiger partial charge in [-0.1, -0.05) is 48.6 Å². The van der Waals surface area contributed by atoms with Gasteiger partial charge in [0.15, 0.2) is 0 Å². The summed E-state index contributed by atoms with van der Waals surface area (Å²) < 4.78 is 6.11. The van der Waals surface area contributed by atoms with Gasteiger partial charge in [0, 0.05) is 34.0 Å². The third kappa shape index (κ3) is 1.49. The van der Waals surface area contributed by atoms with E-state index in [1.54, 1.807) is 0 Å². The molecule has 1 atom stereocenters. The van der Waals surface area contributed by atoms with Crippen molar-refractivity contribution in [2.75, 3.05) is 5.73 Å². The summed E-state index contributed by atoms with van der Waals surface area (Å²) in [6.45, 7) is 0. The van der Waals surface area contributed by atoms with Crippen LogP contribution in [0, 0.1) is 5.92 Å². The van der Waals surface area contributed by atoms with Gasteiger partial charge < -0.3 is 10.2 Å². The van der Waals surface area contributed by atoms with Gasteiger partial charge in [0.25, 0.3) is 0 Å². The largest absolute Gasteiger partial charge is 0.456 e. The third-order valence-electron chi connectivity index (χ3n) is 4.75. The van der Waals surface area contributed by atoms with Gasteiger partial charge in [0.05, 0.1) is 0 Å². The van der Waals surface area contributed by atoms with Crippen LogP contribution in [-0.2, 0) is 6.42 Å². The maximum absolute atomic E-state index is 6.20. The summed E-state index contributed by atoms with van der Waals surface area (Å²) in [6, 6.07) is 10.3. The van der Waals surface area contributed by atoms with Gasteiger partial charge in [-0.15, -0.1) is 0 Å². The highest BCUT2D eigenvalue weighted by atomic mass is 16.3. The first-order valence-corrected chi connectivity index (χ1v) is 7.60. The average molecular weight is 285 g/mol. The fourth-order valence-electron chi connectivity index (χ4n) is 3.70. The van der Waals surface area contributed by atoms with Crippen LogP contribution in [0.2, 0.25) is 0 Å². The summed E-state index contributed by atoms with van der Waals surface area (Å²) in [4.78, 5) is 0. The first kappa shape index (κ1) is 11.9. The molecule has 1 aromatic heterocycles. The van der Waals surface area contributed by atoms with Crippen molar-refractivity contribution in [3.8, 4) is 0 Å². The highest BCUT2D eigenvalue weighted by Crippen LogP contribution is 2.41. The van der Waals surface area contributed by atoms with Crippen LogP contribution in [0.25, 0.3) is 27.8 Å². The fraction of sp³-hybridized carbons (Fsp3) is 0.100. The molecule has 2 N–H and O–H groups in total. The Balaban J connectivity index is 1.89. The molecular weight excluding hydrogens is 270 g/mol. The minimum Gasteiger partial charge on any atom is -0.456 e. The van der Waals surface area contributed by atoms with Gasteiger partial charge in [0.2, 0.25) is 0 Å². The first-order valence-electron chi connectivity index (χ1n) is 7.60. The number of rotatable bonds is 0. The maximum Gasteiger partial charge on any atom is 0.137 e. The Morgan fingerprint density at radius 3 is 2.86 bits per heavy atom. The molecule has 2 heteroatoms. The molecule has 0 spiro atoms. The fourth-order valence-corrected chi connectivity index (χ4v) is 3.70. The molecular formula is C20H15NO. The number of hydrogen-bond acceptors (Lipinski definition) is 2. The van der Waals surface area contributed by atoms with Crippen molar-refractivity contribution < 1.29 is 4.42 Å². The number of furan rings is 1. The van der Waals surface area contributed by atoms with Crippen LogP contribution in [-0.4, -0.2) is 0 Å². The van der Waals surface area contributed by atoms with Crippen LogP contribution in [0.15, 0.2) is 64.6 Å². The van der Waals surface area contributed by atoms with E-state index >= 15 is 0 Å². The Hall–Kier alpha value is -2.74. The van der Waals surface area contributed by atoms with Crippen LogP contribution in [0.5, 0.6) is 0 Å². The molecule has 0 fully saturated rings. The topological polar surface area (TPSA) is 39.2 Å². The van der Waals surface area contributed by atoms with Crippen molar-refractivity contribution in [2.45, 2.75) is 6.42 Å². The van der Waals surface area contributed by atoms with Gasteiger partial charge in [-0.2, -0.15) is 0 Å². The van der Waals surface area contributed by atoms with Crippen molar-refractivity contribution in [2.24, 2.45) is 5.92 Å². The number of nitrogen functional groups attached to an aromatic ring is 1. The van der Waals surface area contributed by atoms with Crippen molar-refractivity contribution in [1.82, 2.24) is 0 Å². The highest BCUT2D eigenvalue weighted by molar-refractivity contribution is 6.13. The molecule has 2 nitrogen and oxygen atoms in total. The lowest BCUT2D eigenvalue weighted by Gasteiger charge is -2.21. The summed E-state index contributed by atoms with van der Waals surface area (Å²) >= 11 is 0. The Bertz CT molecular complexity index is 1020. The number of benzene rings is 2. The van der Waals surface area contributed by atoms with Gasteiger partial charge >= 0.3 is 0 Å². The molecule has 0 bridgehead atoms. The molecule has 2 aliphatic carbocycles. The number of allylic oxidation sites excluding steroid dienone is 5. The van der Waals surface area contributed by atoms with Gasteiger partial charge in [-0.25, -0.2) is 0 Å². The van der Waals surface area contributed by atoms with Gasteiger partial charge in [0.1, 0.15) is 11.3 Å². The average Bonchev–Trinajstić information content (AvgIpc) is 2.90. The lowest BCUT2D eigenvalue weighted by molar-refractivity contribution is 0.587. The SMILES string of the molecule is Nc1cc2oc3c(c2c2ccccc12)CC1C=CC=CC1=C3. The maximum atomic E-state index is 6.20. The van der Waals surface area contributed by atoms with E-state index in [1.165, 1.54) is 21.9 Å². The lowest BCUT2D eigenvalue weighted by atomic mass is 9.82. The van der Waals surface area contributed by atoms with Crippen LogP contribution in [0.4, 0.5) is 5.69 Å². The number of hydrogen-bond donors (Lipinski definition) is 1. The van der Waals surface area contributed by atoms with E-state index < -0.39 is 0 Å². The summed E-state index contributed by atoms with van der Waals surface area (Å²) in [7, 11) is 0. The smallest absolute Gasteiger partial charge is 0.137 e. The van der Waals surface area contributed by atoms with Crippen LogP contribution < -0.4 is 5.73 Å². The zero-order valence-corrected chi connectivity index (χ0v) is 12.0. The molecule has 0 amide bonds. The van der Waals surface area contributed by atoms with Crippen molar-refractivity contribution in [3.05, 3.63) is 71.5 Å². The van der Waals surface area contributed by atoms with E-state index in [1.807, 2.05) is 12.1 Å². The monoisotopic (exact) mass is 285 g/mol.